The molecule has 1 nitrogen and oxygen atoms in total. The Morgan fingerprint density at radius 1 is 1.11 bits per heavy atom. The molecule has 0 N–H and O–H groups in total. The summed E-state index contributed by atoms with van der Waals surface area (Å²) in [6, 6.07) is 7.65. The Morgan fingerprint density at radius 2 is 1.83 bits per heavy atom. The van der Waals surface area contributed by atoms with E-state index in [9.17, 15) is 0 Å². The lowest BCUT2D eigenvalue weighted by atomic mass is 10.2. The van der Waals surface area contributed by atoms with E-state index < -0.39 is 0 Å². The van der Waals surface area contributed by atoms with Crippen LogP contribution < -0.4 is 4.74 Å². The molecule has 0 radical (unpaired) electrons. The van der Waals surface area contributed by atoms with Gasteiger partial charge in [0.25, 0.3) is 0 Å². The highest BCUT2D eigenvalue weighted by Crippen LogP contribution is 2.23. The summed E-state index contributed by atoms with van der Waals surface area (Å²) in [4.78, 5) is 0. The summed E-state index contributed by atoms with van der Waals surface area (Å²) >= 11 is 8.05. The molecule has 0 amide bonds. The fraction of sp³-hybridized carbons (Fsp3) is 0.600. The lowest BCUT2D eigenvalue weighted by molar-refractivity contribution is 0.305. The van der Waals surface area contributed by atoms with Gasteiger partial charge in [0.15, 0.2) is 0 Å². The molecular formula is C15H23ClOS. The molecule has 0 aliphatic heterocycles. The number of halogens is 1. The highest BCUT2D eigenvalue weighted by atomic mass is 35.5. The maximum absolute atomic E-state index is 6.01. The quantitative estimate of drug-likeness (QED) is 0.561. The molecular weight excluding hydrogens is 264 g/mol. The molecule has 102 valence electrons. The average Bonchev–Trinajstić information content (AvgIpc) is 2.34. The van der Waals surface area contributed by atoms with Crippen LogP contribution in [0.25, 0.3) is 0 Å². The summed E-state index contributed by atoms with van der Waals surface area (Å²) in [5, 5.41) is 1.46. The molecule has 0 bridgehead atoms. The zero-order chi connectivity index (χ0) is 13.2. The molecule has 0 saturated carbocycles. The molecule has 0 unspecified atom stereocenters. The van der Waals surface area contributed by atoms with Crippen LogP contribution in [0.4, 0.5) is 0 Å². The highest BCUT2D eigenvalue weighted by molar-refractivity contribution is 7.99. The van der Waals surface area contributed by atoms with Crippen LogP contribution in [-0.4, -0.2) is 17.6 Å². The third-order valence-electron chi connectivity index (χ3n) is 2.58. The van der Waals surface area contributed by atoms with Gasteiger partial charge in [-0.1, -0.05) is 50.4 Å². The second kappa shape index (κ2) is 9.57. The zero-order valence-corrected chi connectivity index (χ0v) is 12.9. The Labute approximate surface area is 120 Å². The van der Waals surface area contributed by atoms with Crippen molar-refractivity contribution in [1.82, 2.24) is 0 Å². The van der Waals surface area contributed by atoms with Gasteiger partial charge in [0.1, 0.15) is 5.75 Å². The minimum atomic E-state index is 0.700. The van der Waals surface area contributed by atoms with Crippen LogP contribution in [0.15, 0.2) is 24.3 Å². The third-order valence-corrected chi connectivity index (χ3v) is 4.09. The number of ether oxygens (including phenoxy) is 1. The van der Waals surface area contributed by atoms with Gasteiger partial charge in [-0.3, -0.25) is 0 Å². The van der Waals surface area contributed by atoms with Crippen molar-refractivity contribution in [2.75, 3.05) is 12.4 Å². The first kappa shape index (κ1) is 15.7. The standard InChI is InChI=1S/C15H23ClOS/c1-13(2)18-12-8-4-3-7-11-17-15-10-6-5-9-14(15)16/h5-6,9-10,13H,3-4,7-8,11-12H2,1-2H3. The van der Waals surface area contributed by atoms with Crippen molar-refractivity contribution in [3.63, 3.8) is 0 Å². The molecule has 0 heterocycles. The molecule has 1 aromatic carbocycles. The van der Waals surface area contributed by atoms with Crippen molar-refractivity contribution in [3.05, 3.63) is 29.3 Å². The van der Waals surface area contributed by atoms with E-state index in [4.69, 9.17) is 16.3 Å². The molecule has 0 saturated heterocycles. The predicted molar refractivity (Wildman–Crippen MR) is 83.0 cm³/mol. The van der Waals surface area contributed by atoms with Crippen molar-refractivity contribution in [1.29, 1.82) is 0 Å². The van der Waals surface area contributed by atoms with Gasteiger partial charge in [0.05, 0.1) is 11.6 Å². The van der Waals surface area contributed by atoms with E-state index in [2.05, 4.69) is 13.8 Å². The van der Waals surface area contributed by atoms with E-state index in [-0.39, 0.29) is 0 Å². The first-order chi connectivity index (χ1) is 8.70. The van der Waals surface area contributed by atoms with E-state index in [1.54, 1.807) is 0 Å². The lowest BCUT2D eigenvalue weighted by Crippen LogP contribution is -1.98. The van der Waals surface area contributed by atoms with E-state index in [0.29, 0.717) is 5.02 Å². The number of para-hydroxylation sites is 1. The SMILES string of the molecule is CC(C)SCCCCCCOc1ccccc1Cl. The summed E-state index contributed by atoms with van der Waals surface area (Å²) in [7, 11) is 0. The average molecular weight is 287 g/mol. The molecule has 1 rings (SSSR count). The third kappa shape index (κ3) is 7.17. The molecule has 3 heteroatoms. The monoisotopic (exact) mass is 286 g/mol. The second-order valence-corrected chi connectivity index (χ2v) is 6.70. The Morgan fingerprint density at radius 3 is 2.56 bits per heavy atom. The van der Waals surface area contributed by atoms with Crippen LogP contribution in [0, 0.1) is 0 Å². The summed E-state index contributed by atoms with van der Waals surface area (Å²) in [5.41, 5.74) is 0. The molecule has 1 aromatic rings. The van der Waals surface area contributed by atoms with Gasteiger partial charge in [-0.05, 0) is 36.0 Å². The van der Waals surface area contributed by atoms with Gasteiger partial charge < -0.3 is 4.74 Å². The maximum atomic E-state index is 6.01. The summed E-state index contributed by atoms with van der Waals surface area (Å²) in [5.74, 6) is 2.08. The summed E-state index contributed by atoms with van der Waals surface area (Å²) < 4.78 is 5.64. The van der Waals surface area contributed by atoms with Crippen molar-refractivity contribution in [3.8, 4) is 5.75 Å². The molecule has 0 fully saturated rings. The largest absolute Gasteiger partial charge is 0.492 e. The van der Waals surface area contributed by atoms with Crippen molar-refractivity contribution < 1.29 is 4.74 Å². The molecule has 0 aromatic heterocycles. The lowest BCUT2D eigenvalue weighted by Gasteiger charge is -2.07. The van der Waals surface area contributed by atoms with Crippen molar-refractivity contribution in [2.45, 2.75) is 44.8 Å². The van der Waals surface area contributed by atoms with Crippen LogP contribution in [0.3, 0.4) is 0 Å². The molecule has 0 aliphatic rings. The van der Waals surface area contributed by atoms with E-state index in [1.807, 2.05) is 36.0 Å². The van der Waals surface area contributed by atoms with Gasteiger partial charge in [0.2, 0.25) is 0 Å². The van der Waals surface area contributed by atoms with Crippen LogP contribution in [-0.2, 0) is 0 Å². The minimum absolute atomic E-state index is 0.700. The smallest absolute Gasteiger partial charge is 0.137 e. The summed E-state index contributed by atoms with van der Waals surface area (Å²) in [6.07, 6.45) is 4.96. The van der Waals surface area contributed by atoms with E-state index in [1.165, 1.54) is 25.0 Å². The molecule has 0 spiro atoms. The summed E-state index contributed by atoms with van der Waals surface area (Å²) in [6.45, 7) is 5.27. The Bertz CT molecular complexity index is 328. The van der Waals surface area contributed by atoms with E-state index in [0.717, 1.165) is 24.0 Å². The topological polar surface area (TPSA) is 9.23 Å². The van der Waals surface area contributed by atoms with Gasteiger partial charge in [0, 0.05) is 0 Å². The first-order valence-electron chi connectivity index (χ1n) is 6.69. The number of thioether (sulfide) groups is 1. The van der Waals surface area contributed by atoms with Gasteiger partial charge in [-0.25, -0.2) is 0 Å². The number of hydrogen-bond donors (Lipinski definition) is 0. The number of unbranched alkanes of at least 4 members (excludes halogenated alkanes) is 3. The van der Waals surface area contributed by atoms with Gasteiger partial charge in [-0.2, -0.15) is 11.8 Å². The molecule has 0 atom stereocenters. The Hall–Kier alpha value is -0.340. The van der Waals surface area contributed by atoms with E-state index >= 15 is 0 Å². The fourth-order valence-electron chi connectivity index (χ4n) is 1.62. The number of benzene rings is 1. The van der Waals surface area contributed by atoms with Crippen LogP contribution in [0.2, 0.25) is 5.02 Å². The number of hydrogen-bond acceptors (Lipinski definition) is 2. The molecule has 18 heavy (non-hydrogen) atoms. The number of rotatable bonds is 9. The van der Waals surface area contributed by atoms with Crippen LogP contribution in [0.5, 0.6) is 5.75 Å². The minimum Gasteiger partial charge on any atom is -0.492 e. The first-order valence-corrected chi connectivity index (χ1v) is 8.11. The Kier molecular flexibility index (Phi) is 8.36. The van der Waals surface area contributed by atoms with Crippen molar-refractivity contribution in [2.24, 2.45) is 0 Å². The highest BCUT2D eigenvalue weighted by Gasteiger charge is 1.99. The van der Waals surface area contributed by atoms with Crippen LogP contribution >= 0.6 is 23.4 Å². The van der Waals surface area contributed by atoms with Crippen LogP contribution in [0.1, 0.15) is 39.5 Å². The fourth-order valence-corrected chi connectivity index (χ4v) is 2.65. The van der Waals surface area contributed by atoms with Gasteiger partial charge >= 0.3 is 0 Å². The maximum Gasteiger partial charge on any atom is 0.137 e. The second-order valence-electron chi connectivity index (χ2n) is 4.61. The predicted octanol–water partition coefficient (Wildman–Crippen LogP) is 5.42. The normalized spacial score (nSPS) is 10.9. The molecule has 0 aliphatic carbocycles. The van der Waals surface area contributed by atoms with Gasteiger partial charge in [-0.15, -0.1) is 0 Å². The van der Waals surface area contributed by atoms with Crippen molar-refractivity contribution >= 4 is 23.4 Å². The Balaban J connectivity index is 1.98. The zero-order valence-electron chi connectivity index (χ0n) is 11.3.